The maximum absolute atomic E-state index is 13.1. The number of carbonyl (C=O) groups is 2. The van der Waals surface area contributed by atoms with E-state index < -0.39 is 0 Å². The number of hydrogen-bond acceptors (Lipinski definition) is 3. The molecule has 0 bridgehead atoms. The number of benzene rings is 1. The van der Waals surface area contributed by atoms with Crippen LogP contribution in [-0.4, -0.2) is 42.0 Å². The number of hydrogen-bond donors (Lipinski definition) is 1. The number of anilines is 1. The van der Waals surface area contributed by atoms with Gasteiger partial charge in [0.1, 0.15) is 6.10 Å². The predicted molar refractivity (Wildman–Crippen MR) is 100 cm³/mol. The Morgan fingerprint density at radius 2 is 1.88 bits per heavy atom. The predicted octanol–water partition coefficient (Wildman–Crippen LogP) is 3.60. The van der Waals surface area contributed by atoms with Crippen molar-refractivity contribution in [2.75, 3.05) is 18.5 Å². The number of nitrogens with zero attached hydrogens (tertiary/aromatic N) is 1. The Hall–Kier alpha value is -1.88. The molecule has 0 spiro atoms. The van der Waals surface area contributed by atoms with Crippen LogP contribution in [-0.2, 0) is 9.53 Å². The molecule has 26 heavy (non-hydrogen) atoms. The zero-order valence-corrected chi connectivity index (χ0v) is 15.3. The van der Waals surface area contributed by atoms with Gasteiger partial charge in [0, 0.05) is 30.4 Å². The van der Waals surface area contributed by atoms with Crippen molar-refractivity contribution in [3.8, 4) is 0 Å². The molecule has 4 rings (SSSR count). The molecule has 1 N–H and O–H groups in total. The summed E-state index contributed by atoms with van der Waals surface area (Å²) in [6.45, 7) is 1.50. The van der Waals surface area contributed by atoms with Crippen molar-refractivity contribution in [1.82, 2.24) is 4.90 Å². The van der Waals surface area contributed by atoms with Gasteiger partial charge in [0.15, 0.2) is 0 Å². The molecule has 2 heterocycles. The van der Waals surface area contributed by atoms with Crippen LogP contribution < -0.4 is 5.32 Å². The second-order valence-electron chi connectivity index (χ2n) is 7.82. The second kappa shape index (κ2) is 7.78. The van der Waals surface area contributed by atoms with Gasteiger partial charge in [-0.3, -0.25) is 9.59 Å². The largest absolute Gasteiger partial charge is 0.368 e. The van der Waals surface area contributed by atoms with Crippen LogP contribution in [0.3, 0.4) is 0 Å². The van der Waals surface area contributed by atoms with E-state index in [4.69, 9.17) is 4.74 Å². The zero-order valence-electron chi connectivity index (χ0n) is 15.3. The lowest BCUT2D eigenvalue weighted by molar-refractivity contribution is -0.124. The molecule has 2 aliphatic heterocycles. The Morgan fingerprint density at radius 1 is 1.04 bits per heavy atom. The first-order valence-electron chi connectivity index (χ1n) is 10.1. The number of nitrogens with one attached hydrogen (secondary N) is 1. The number of piperidine rings is 1. The van der Waals surface area contributed by atoms with Gasteiger partial charge in [-0.15, -0.1) is 0 Å². The maximum atomic E-state index is 13.1. The summed E-state index contributed by atoms with van der Waals surface area (Å²) in [4.78, 5) is 27.5. The third-order valence-electron chi connectivity index (χ3n) is 6.10. The lowest BCUT2D eigenvalue weighted by Crippen LogP contribution is -2.49. The molecule has 0 aromatic heterocycles. The summed E-state index contributed by atoms with van der Waals surface area (Å²) in [5.74, 6) is 0.663. The van der Waals surface area contributed by atoms with E-state index in [-0.39, 0.29) is 17.9 Å². The van der Waals surface area contributed by atoms with E-state index in [1.54, 1.807) is 0 Å². The molecule has 1 aromatic rings. The van der Waals surface area contributed by atoms with Crippen LogP contribution in [0.1, 0.15) is 61.7 Å². The van der Waals surface area contributed by atoms with Crippen LogP contribution in [0.5, 0.6) is 0 Å². The molecule has 140 valence electrons. The number of fused-ring (bicyclic) bond motifs is 1. The van der Waals surface area contributed by atoms with Crippen LogP contribution in [0.15, 0.2) is 24.3 Å². The molecule has 3 atom stereocenters. The Kier molecular flexibility index (Phi) is 5.25. The van der Waals surface area contributed by atoms with Crippen molar-refractivity contribution in [2.45, 2.75) is 63.5 Å². The number of amides is 2. The van der Waals surface area contributed by atoms with E-state index in [1.807, 2.05) is 24.3 Å². The number of carbonyl (C=O) groups excluding carboxylic acids is 2. The summed E-state index contributed by atoms with van der Waals surface area (Å²) in [7, 11) is 0. The van der Waals surface area contributed by atoms with Gasteiger partial charge in [0.25, 0.3) is 11.8 Å². The molecule has 1 aromatic carbocycles. The van der Waals surface area contributed by atoms with Gasteiger partial charge < -0.3 is 15.0 Å². The molecule has 5 heteroatoms. The SMILES string of the molecule is O=C(Nc1cccc(C(=O)N2CCC[C@H]3CCCC[C@H]32)c1)[C@@H]1CCCO1. The minimum atomic E-state index is -0.362. The van der Waals surface area contributed by atoms with E-state index in [1.165, 1.54) is 25.7 Å². The van der Waals surface area contributed by atoms with Crippen LogP contribution in [0.2, 0.25) is 0 Å². The topological polar surface area (TPSA) is 58.6 Å². The van der Waals surface area contributed by atoms with E-state index in [0.717, 1.165) is 32.2 Å². The molecular weight excluding hydrogens is 328 g/mol. The summed E-state index contributed by atoms with van der Waals surface area (Å²) in [5.41, 5.74) is 1.34. The first kappa shape index (κ1) is 17.5. The van der Waals surface area contributed by atoms with Crippen molar-refractivity contribution in [2.24, 2.45) is 5.92 Å². The Labute approximate surface area is 155 Å². The second-order valence-corrected chi connectivity index (χ2v) is 7.82. The summed E-state index contributed by atoms with van der Waals surface area (Å²) in [5, 5.41) is 2.90. The fourth-order valence-corrected chi connectivity index (χ4v) is 4.78. The van der Waals surface area contributed by atoms with Crippen LogP contribution in [0.4, 0.5) is 5.69 Å². The monoisotopic (exact) mass is 356 g/mol. The van der Waals surface area contributed by atoms with Crippen LogP contribution in [0, 0.1) is 5.92 Å². The molecule has 3 aliphatic rings. The molecule has 0 unspecified atom stereocenters. The molecule has 1 saturated carbocycles. The summed E-state index contributed by atoms with van der Waals surface area (Å²) in [6, 6.07) is 7.75. The van der Waals surface area contributed by atoms with Gasteiger partial charge in [-0.05, 0) is 62.6 Å². The van der Waals surface area contributed by atoms with Gasteiger partial charge in [0.2, 0.25) is 0 Å². The molecule has 3 fully saturated rings. The third kappa shape index (κ3) is 3.63. The lowest BCUT2D eigenvalue weighted by atomic mass is 9.78. The van der Waals surface area contributed by atoms with Gasteiger partial charge in [-0.25, -0.2) is 0 Å². The lowest BCUT2D eigenvalue weighted by Gasteiger charge is -2.44. The first-order valence-corrected chi connectivity index (χ1v) is 10.1. The van der Waals surface area contributed by atoms with Gasteiger partial charge >= 0.3 is 0 Å². The molecule has 0 radical (unpaired) electrons. The van der Waals surface area contributed by atoms with Crippen molar-refractivity contribution in [3.63, 3.8) is 0 Å². The fourth-order valence-electron chi connectivity index (χ4n) is 4.78. The smallest absolute Gasteiger partial charge is 0.254 e. The van der Waals surface area contributed by atoms with Crippen molar-refractivity contribution in [3.05, 3.63) is 29.8 Å². The van der Waals surface area contributed by atoms with E-state index in [2.05, 4.69) is 10.2 Å². The molecule has 5 nitrogen and oxygen atoms in total. The van der Waals surface area contributed by atoms with Crippen LogP contribution in [0.25, 0.3) is 0 Å². The quantitative estimate of drug-likeness (QED) is 0.900. The van der Waals surface area contributed by atoms with E-state index >= 15 is 0 Å². The normalized spacial score (nSPS) is 28.5. The van der Waals surface area contributed by atoms with Gasteiger partial charge in [-0.2, -0.15) is 0 Å². The van der Waals surface area contributed by atoms with Crippen molar-refractivity contribution in [1.29, 1.82) is 0 Å². The van der Waals surface area contributed by atoms with Crippen LogP contribution >= 0.6 is 0 Å². The highest BCUT2D eigenvalue weighted by Crippen LogP contribution is 2.36. The molecular formula is C21H28N2O3. The average molecular weight is 356 g/mol. The molecule has 2 saturated heterocycles. The van der Waals surface area contributed by atoms with E-state index in [9.17, 15) is 9.59 Å². The summed E-state index contributed by atoms with van der Waals surface area (Å²) < 4.78 is 5.43. The fraction of sp³-hybridized carbons (Fsp3) is 0.619. The zero-order chi connectivity index (χ0) is 17.9. The van der Waals surface area contributed by atoms with E-state index in [0.29, 0.717) is 29.8 Å². The number of ether oxygens (including phenoxy) is 1. The number of likely N-dealkylation sites (tertiary alicyclic amines) is 1. The summed E-state index contributed by atoms with van der Waals surface area (Å²) >= 11 is 0. The van der Waals surface area contributed by atoms with Gasteiger partial charge in [-0.1, -0.05) is 18.9 Å². The maximum Gasteiger partial charge on any atom is 0.254 e. The third-order valence-corrected chi connectivity index (χ3v) is 6.10. The highest BCUT2D eigenvalue weighted by Gasteiger charge is 2.36. The average Bonchev–Trinajstić information content (AvgIpc) is 3.22. The molecule has 1 aliphatic carbocycles. The van der Waals surface area contributed by atoms with Crippen molar-refractivity contribution >= 4 is 17.5 Å². The Bertz CT molecular complexity index is 667. The Morgan fingerprint density at radius 3 is 2.73 bits per heavy atom. The van der Waals surface area contributed by atoms with Crippen molar-refractivity contribution < 1.29 is 14.3 Å². The summed E-state index contributed by atoms with van der Waals surface area (Å²) in [6.07, 6.45) is 8.59. The molecule has 2 amide bonds. The standard InChI is InChI=1S/C21H28N2O3/c24-20(19-11-5-13-26-19)22-17-9-3-7-16(14-17)21(25)23-12-4-8-15-6-1-2-10-18(15)23/h3,7,9,14-15,18-19H,1-2,4-6,8,10-13H2,(H,22,24)/t15-,18-,19+/m1/s1. The van der Waals surface area contributed by atoms with Gasteiger partial charge in [0.05, 0.1) is 0 Å². The Balaban J connectivity index is 1.46. The minimum absolute atomic E-state index is 0.106. The highest BCUT2D eigenvalue weighted by molar-refractivity contribution is 5.98. The highest BCUT2D eigenvalue weighted by atomic mass is 16.5. The number of rotatable bonds is 3. The first-order chi connectivity index (χ1) is 12.7. The minimum Gasteiger partial charge on any atom is -0.368 e.